The second-order valence-corrected chi connectivity index (χ2v) is 7.77. The standard InChI is InChI=1S/C19H30N2O5/c1-19(2)11-14(23)10-16(26-19)18(25)21-15(12-22)17(24)20-13-8-6-4-3-5-7-9-13/h10,13,15,22H,3-9,11-12H2,1-2H3,(H,20,24)(H,21,25). The van der Waals surface area contributed by atoms with Crippen LogP contribution in [0.15, 0.2) is 11.8 Å². The van der Waals surface area contributed by atoms with E-state index in [-0.39, 0.29) is 24.0 Å². The summed E-state index contributed by atoms with van der Waals surface area (Å²) in [6, 6.07) is -1.00. The summed E-state index contributed by atoms with van der Waals surface area (Å²) < 4.78 is 5.53. The Hall–Kier alpha value is -1.89. The Kier molecular flexibility index (Phi) is 7.20. The van der Waals surface area contributed by atoms with E-state index in [0.717, 1.165) is 31.8 Å². The molecule has 0 bridgehead atoms. The summed E-state index contributed by atoms with van der Waals surface area (Å²) in [6.07, 6.45) is 8.86. The highest BCUT2D eigenvalue weighted by Gasteiger charge is 2.33. The van der Waals surface area contributed by atoms with E-state index in [9.17, 15) is 19.5 Å². The van der Waals surface area contributed by atoms with Gasteiger partial charge >= 0.3 is 0 Å². The van der Waals surface area contributed by atoms with Crippen LogP contribution in [0.1, 0.15) is 65.2 Å². The third kappa shape index (κ3) is 6.12. The molecular weight excluding hydrogens is 336 g/mol. The smallest absolute Gasteiger partial charge is 0.287 e. The summed E-state index contributed by atoms with van der Waals surface area (Å²) in [6.45, 7) is 2.92. The third-order valence-corrected chi connectivity index (χ3v) is 4.76. The molecule has 0 spiro atoms. The Morgan fingerprint density at radius 1 is 1.23 bits per heavy atom. The number of allylic oxidation sites excluding steroid dienone is 1. The number of carbonyl (C=O) groups is 3. The molecule has 7 nitrogen and oxygen atoms in total. The van der Waals surface area contributed by atoms with E-state index in [1.807, 2.05) is 0 Å². The van der Waals surface area contributed by atoms with Crippen molar-refractivity contribution in [3.8, 4) is 0 Å². The molecule has 1 fully saturated rings. The van der Waals surface area contributed by atoms with Crippen LogP contribution in [0.3, 0.4) is 0 Å². The monoisotopic (exact) mass is 366 g/mol. The van der Waals surface area contributed by atoms with E-state index in [0.29, 0.717) is 0 Å². The van der Waals surface area contributed by atoms with Gasteiger partial charge in [-0.05, 0) is 26.7 Å². The van der Waals surface area contributed by atoms with E-state index in [2.05, 4.69) is 10.6 Å². The predicted octanol–water partition coefficient (Wildman–Crippen LogP) is 1.34. The van der Waals surface area contributed by atoms with Crippen LogP contribution in [-0.2, 0) is 19.1 Å². The molecule has 0 radical (unpaired) electrons. The van der Waals surface area contributed by atoms with Gasteiger partial charge in [0.15, 0.2) is 11.5 Å². The third-order valence-electron chi connectivity index (χ3n) is 4.76. The number of rotatable bonds is 5. The van der Waals surface area contributed by atoms with Crippen molar-refractivity contribution < 1.29 is 24.2 Å². The van der Waals surface area contributed by atoms with Crippen molar-refractivity contribution in [2.75, 3.05) is 6.61 Å². The average Bonchev–Trinajstić information content (AvgIpc) is 2.52. The summed E-state index contributed by atoms with van der Waals surface area (Å²) in [5.41, 5.74) is -0.770. The van der Waals surface area contributed by atoms with Gasteiger partial charge in [0.05, 0.1) is 6.61 Å². The van der Waals surface area contributed by atoms with E-state index >= 15 is 0 Å². The van der Waals surface area contributed by atoms with Gasteiger partial charge in [0.2, 0.25) is 5.91 Å². The van der Waals surface area contributed by atoms with Crippen LogP contribution in [0.4, 0.5) is 0 Å². The minimum atomic E-state index is -1.07. The van der Waals surface area contributed by atoms with Crippen LogP contribution in [0.25, 0.3) is 0 Å². The number of nitrogens with one attached hydrogen (secondary N) is 2. The first-order chi connectivity index (χ1) is 12.3. The highest BCUT2D eigenvalue weighted by molar-refractivity contribution is 6.03. The summed E-state index contributed by atoms with van der Waals surface area (Å²) in [7, 11) is 0. The zero-order valence-electron chi connectivity index (χ0n) is 15.7. The van der Waals surface area contributed by atoms with Crippen LogP contribution in [0.5, 0.6) is 0 Å². The lowest BCUT2D eigenvalue weighted by Gasteiger charge is -2.30. The zero-order valence-corrected chi connectivity index (χ0v) is 15.7. The number of aliphatic hydroxyl groups excluding tert-OH is 1. The summed E-state index contributed by atoms with van der Waals surface area (Å²) >= 11 is 0. The van der Waals surface area contributed by atoms with Gasteiger partial charge in [-0.15, -0.1) is 0 Å². The van der Waals surface area contributed by atoms with Gasteiger partial charge in [-0.1, -0.05) is 32.1 Å². The molecule has 2 aliphatic rings. The van der Waals surface area contributed by atoms with Gasteiger partial charge in [-0.25, -0.2) is 0 Å². The normalized spacial score (nSPS) is 22.3. The maximum Gasteiger partial charge on any atom is 0.287 e. The van der Waals surface area contributed by atoms with Gasteiger partial charge in [0, 0.05) is 18.5 Å². The molecule has 1 unspecified atom stereocenters. The van der Waals surface area contributed by atoms with E-state index in [4.69, 9.17) is 4.74 Å². The van der Waals surface area contributed by atoms with Crippen molar-refractivity contribution in [1.29, 1.82) is 0 Å². The molecule has 0 aromatic heterocycles. The number of hydrogen-bond donors (Lipinski definition) is 3. The summed E-state index contributed by atoms with van der Waals surface area (Å²) in [5.74, 6) is -1.40. The molecule has 2 amide bonds. The molecule has 1 aliphatic heterocycles. The van der Waals surface area contributed by atoms with Gasteiger partial charge < -0.3 is 20.5 Å². The van der Waals surface area contributed by atoms with Gasteiger partial charge in [0.25, 0.3) is 5.91 Å². The molecule has 26 heavy (non-hydrogen) atoms. The molecular formula is C19H30N2O5. The van der Waals surface area contributed by atoms with Gasteiger partial charge in [-0.3, -0.25) is 14.4 Å². The maximum absolute atomic E-state index is 12.4. The maximum atomic E-state index is 12.4. The Labute approximate surface area is 154 Å². The van der Waals surface area contributed by atoms with Crippen molar-refractivity contribution in [2.45, 2.75) is 82.9 Å². The number of carbonyl (C=O) groups excluding carboxylic acids is 3. The fraction of sp³-hybridized carbons (Fsp3) is 0.737. The van der Waals surface area contributed by atoms with E-state index in [1.54, 1.807) is 13.8 Å². The van der Waals surface area contributed by atoms with Crippen molar-refractivity contribution >= 4 is 17.6 Å². The molecule has 1 saturated carbocycles. The first kappa shape index (κ1) is 20.4. The number of amides is 2. The Morgan fingerprint density at radius 3 is 2.42 bits per heavy atom. The number of ketones is 1. The molecule has 2 rings (SSSR count). The van der Waals surface area contributed by atoms with Gasteiger partial charge in [0.1, 0.15) is 11.6 Å². The second-order valence-electron chi connectivity index (χ2n) is 7.77. The number of aliphatic hydroxyl groups is 1. The first-order valence-corrected chi connectivity index (χ1v) is 9.46. The van der Waals surface area contributed by atoms with E-state index in [1.165, 1.54) is 19.3 Å². The quantitative estimate of drug-likeness (QED) is 0.681. The molecule has 7 heteroatoms. The molecule has 3 N–H and O–H groups in total. The fourth-order valence-corrected chi connectivity index (χ4v) is 3.42. The predicted molar refractivity (Wildman–Crippen MR) is 96.1 cm³/mol. The highest BCUT2D eigenvalue weighted by atomic mass is 16.5. The number of hydrogen-bond acceptors (Lipinski definition) is 5. The Morgan fingerprint density at radius 2 is 1.85 bits per heavy atom. The second kappa shape index (κ2) is 9.16. The van der Waals surface area contributed by atoms with Crippen LogP contribution in [-0.4, -0.2) is 47.0 Å². The molecule has 1 atom stereocenters. The SMILES string of the molecule is CC1(C)CC(=O)C=C(C(=O)NC(CO)C(=O)NC2CCCCCCC2)O1. The van der Waals surface area contributed by atoms with Crippen LogP contribution < -0.4 is 10.6 Å². The molecule has 1 aliphatic carbocycles. The minimum absolute atomic E-state index is 0.0689. The lowest BCUT2D eigenvalue weighted by molar-refractivity contribution is -0.134. The van der Waals surface area contributed by atoms with Crippen molar-refractivity contribution in [3.05, 3.63) is 11.8 Å². The molecule has 146 valence electrons. The lowest BCUT2D eigenvalue weighted by atomic mass is 9.96. The van der Waals surface area contributed by atoms with Gasteiger partial charge in [-0.2, -0.15) is 0 Å². The van der Waals surface area contributed by atoms with Crippen LogP contribution >= 0.6 is 0 Å². The van der Waals surface area contributed by atoms with Crippen molar-refractivity contribution in [2.24, 2.45) is 0 Å². The molecule has 1 heterocycles. The van der Waals surface area contributed by atoms with Crippen molar-refractivity contribution in [1.82, 2.24) is 10.6 Å². The summed E-state index contributed by atoms with van der Waals surface area (Å²) in [5, 5.41) is 14.9. The molecule has 0 saturated heterocycles. The zero-order chi connectivity index (χ0) is 19.2. The Balaban J connectivity index is 1.93. The number of ether oxygens (including phenoxy) is 1. The largest absolute Gasteiger partial charge is 0.482 e. The average molecular weight is 366 g/mol. The molecule has 0 aromatic carbocycles. The Bertz CT molecular complexity index is 562. The highest BCUT2D eigenvalue weighted by Crippen LogP contribution is 2.24. The van der Waals surface area contributed by atoms with Crippen LogP contribution in [0, 0.1) is 0 Å². The van der Waals surface area contributed by atoms with E-state index < -0.39 is 30.1 Å². The molecule has 0 aromatic rings. The summed E-state index contributed by atoms with van der Waals surface area (Å²) in [4.78, 5) is 36.5. The van der Waals surface area contributed by atoms with Crippen LogP contribution in [0.2, 0.25) is 0 Å². The fourth-order valence-electron chi connectivity index (χ4n) is 3.42. The lowest BCUT2D eigenvalue weighted by Crippen LogP contribution is -2.52. The first-order valence-electron chi connectivity index (χ1n) is 9.46. The van der Waals surface area contributed by atoms with Crippen molar-refractivity contribution in [3.63, 3.8) is 0 Å². The minimum Gasteiger partial charge on any atom is -0.482 e. The topological polar surface area (TPSA) is 105 Å².